The van der Waals surface area contributed by atoms with Crippen LogP contribution in [0.3, 0.4) is 0 Å². The maximum absolute atomic E-state index is 12.2. The van der Waals surface area contributed by atoms with Crippen LogP contribution < -0.4 is 15.4 Å². The van der Waals surface area contributed by atoms with E-state index < -0.39 is 0 Å². The maximum atomic E-state index is 12.2. The van der Waals surface area contributed by atoms with Gasteiger partial charge in [-0.2, -0.15) is 0 Å². The number of anilines is 1. The molecule has 0 spiro atoms. The summed E-state index contributed by atoms with van der Waals surface area (Å²) in [7, 11) is 0. The number of halogens is 1. The van der Waals surface area contributed by atoms with Gasteiger partial charge >= 0.3 is 0 Å². The standard InChI is InChI=1S/C24H26ClN3O3S/c1-15-11-20(12-16(2)23(15)25)31-10-4-5-22(30)28-24-27-21(14-32-24)19-8-6-18(7-9-19)13-26-17(3)29/h6-9,11-12,14H,4-5,10,13H2,1-3H3,(H,26,29)(H,27,28,30). The molecule has 0 aliphatic heterocycles. The van der Waals surface area contributed by atoms with Crippen LogP contribution >= 0.6 is 22.9 Å². The normalized spacial score (nSPS) is 10.6. The predicted molar refractivity (Wildman–Crippen MR) is 129 cm³/mol. The Bertz CT molecular complexity index is 1070. The highest BCUT2D eigenvalue weighted by molar-refractivity contribution is 7.14. The van der Waals surface area contributed by atoms with Gasteiger partial charge in [0.1, 0.15) is 5.75 Å². The van der Waals surface area contributed by atoms with E-state index in [1.807, 2.05) is 55.6 Å². The molecule has 3 aromatic rings. The summed E-state index contributed by atoms with van der Waals surface area (Å²) in [4.78, 5) is 27.8. The van der Waals surface area contributed by atoms with Gasteiger partial charge in [-0.15, -0.1) is 11.3 Å². The molecular weight excluding hydrogens is 446 g/mol. The smallest absolute Gasteiger partial charge is 0.226 e. The summed E-state index contributed by atoms with van der Waals surface area (Å²) in [6.07, 6.45) is 0.943. The molecular formula is C24H26ClN3O3S. The number of aryl methyl sites for hydroxylation is 2. The summed E-state index contributed by atoms with van der Waals surface area (Å²) >= 11 is 7.56. The highest BCUT2D eigenvalue weighted by Crippen LogP contribution is 2.27. The number of amides is 2. The molecule has 0 saturated heterocycles. The summed E-state index contributed by atoms with van der Waals surface area (Å²) in [6, 6.07) is 11.6. The van der Waals surface area contributed by atoms with Gasteiger partial charge in [0, 0.05) is 35.9 Å². The Kier molecular flexibility index (Phi) is 8.25. The first-order chi connectivity index (χ1) is 15.3. The number of nitrogens with one attached hydrogen (secondary N) is 2. The number of rotatable bonds is 9. The largest absolute Gasteiger partial charge is 0.494 e. The van der Waals surface area contributed by atoms with Crippen molar-refractivity contribution in [2.75, 3.05) is 11.9 Å². The van der Waals surface area contributed by atoms with Crippen molar-refractivity contribution < 1.29 is 14.3 Å². The highest BCUT2D eigenvalue weighted by Gasteiger charge is 2.09. The Morgan fingerprint density at radius 2 is 1.81 bits per heavy atom. The van der Waals surface area contributed by atoms with Gasteiger partial charge in [0.2, 0.25) is 11.8 Å². The summed E-state index contributed by atoms with van der Waals surface area (Å²) < 4.78 is 5.75. The van der Waals surface area contributed by atoms with Gasteiger partial charge in [-0.3, -0.25) is 9.59 Å². The fourth-order valence-corrected chi connectivity index (χ4v) is 3.92. The number of carbonyl (C=O) groups excluding carboxylic acids is 2. The number of benzene rings is 2. The lowest BCUT2D eigenvalue weighted by atomic mass is 10.1. The van der Waals surface area contributed by atoms with Crippen molar-refractivity contribution in [3.63, 3.8) is 0 Å². The molecule has 0 atom stereocenters. The first-order valence-corrected chi connectivity index (χ1v) is 11.6. The van der Waals surface area contributed by atoms with Gasteiger partial charge < -0.3 is 15.4 Å². The zero-order valence-corrected chi connectivity index (χ0v) is 19.9. The van der Waals surface area contributed by atoms with Crippen molar-refractivity contribution in [3.05, 3.63) is 63.5 Å². The third-order valence-corrected chi connectivity index (χ3v) is 6.12. The molecule has 2 N–H and O–H groups in total. The Balaban J connectivity index is 1.45. The minimum Gasteiger partial charge on any atom is -0.494 e. The van der Waals surface area contributed by atoms with Gasteiger partial charge in [0.05, 0.1) is 12.3 Å². The van der Waals surface area contributed by atoms with Gasteiger partial charge in [-0.1, -0.05) is 35.9 Å². The van der Waals surface area contributed by atoms with Crippen LogP contribution in [0.4, 0.5) is 5.13 Å². The van der Waals surface area contributed by atoms with E-state index in [0.717, 1.165) is 38.7 Å². The summed E-state index contributed by atoms with van der Waals surface area (Å²) in [5.41, 5.74) is 4.71. The third kappa shape index (κ3) is 6.80. The Labute approximate surface area is 197 Å². The van der Waals surface area contributed by atoms with Gasteiger partial charge in [0.25, 0.3) is 0 Å². The van der Waals surface area contributed by atoms with Crippen LogP contribution in [0.15, 0.2) is 41.8 Å². The molecule has 6 nitrogen and oxygen atoms in total. The SMILES string of the molecule is CC(=O)NCc1ccc(-c2csc(NC(=O)CCCOc3cc(C)c(Cl)c(C)c3)n2)cc1. The van der Waals surface area contributed by atoms with E-state index in [1.165, 1.54) is 18.3 Å². The molecule has 0 saturated carbocycles. The number of ether oxygens (including phenoxy) is 1. The van der Waals surface area contributed by atoms with E-state index in [2.05, 4.69) is 15.6 Å². The monoisotopic (exact) mass is 471 g/mol. The molecule has 0 unspecified atom stereocenters. The van der Waals surface area contributed by atoms with E-state index in [9.17, 15) is 9.59 Å². The van der Waals surface area contributed by atoms with E-state index in [4.69, 9.17) is 16.3 Å². The average Bonchev–Trinajstić information content (AvgIpc) is 3.22. The molecule has 8 heteroatoms. The second-order valence-electron chi connectivity index (χ2n) is 7.52. The zero-order valence-electron chi connectivity index (χ0n) is 18.3. The number of thiazole rings is 1. The quantitative estimate of drug-likeness (QED) is 0.403. The van der Waals surface area contributed by atoms with Crippen molar-refractivity contribution in [1.82, 2.24) is 10.3 Å². The third-order valence-electron chi connectivity index (χ3n) is 4.77. The predicted octanol–water partition coefficient (Wildman–Crippen LogP) is 5.51. The number of hydrogen-bond donors (Lipinski definition) is 2. The highest BCUT2D eigenvalue weighted by atomic mass is 35.5. The molecule has 0 radical (unpaired) electrons. The molecule has 0 bridgehead atoms. The average molecular weight is 472 g/mol. The minimum atomic E-state index is -0.0939. The number of nitrogens with zero attached hydrogens (tertiary/aromatic N) is 1. The van der Waals surface area contributed by atoms with E-state index in [0.29, 0.717) is 31.1 Å². The van der Waals surface area contributed by atoms with Crippen LogP contribution in [0.5, 0.6) is 5.75 Å². The lowest BCUT2D eigenvalue weighted by Crippen LogP contribution is -2.18. The van der Waals surface area contributed by atoms with Gasteiger partial charge in [-0.05, 0) is 49.1 Å². The summed E-state index contributed by atoms with van der Waals surface area (Å²) in [5, 5.41) is 8.85. The molecule has 168 valence electrons. The van der Waals surface area contributed by atoms with Gasteiger partial charge in [0.15, 0.2) is 5.13 Å². The van der Waals surface area contributed by atoms with Crippen LogP contribution in [-0.2, 0) is 16.1 Å². The Morgan fingerprint density at radius 1 is 1.12 bits per heavy atom. The second kappa shape index (κ2) is 11.1. The topological polar surface area (TPSA) is 80.3 Å². The van der Waals surface area contributed by atoms with Crippen molar-refractivity contribution in [1.29, 1.82) is 0 Å². The Morgan fingerprint density at radius 3 is 2.47 bits per heavy atom. The summed E-state index contributed by atoms with van der Waals surface area (Å²) in [6.45, 7) is 6.32. The molecule has 0 aliphatic carbocycles. The second-order valence-corrected chi connectivity index (χ2v) is 8.75. The molecule has 2 aromatic carbocycles. The molecule has 0 aliphatic rings. The molecule has 0 fully saturated rings. The van der Waals surface area contributed by atoms with Crippen molar-refractivity contribution in [2.24, 2.45) is 0 Å². The fraction of sp³-hybridized carbons (Fsp3) is 0.292. The zero-order chi connectivity index (χ0) is 23.1. The molecule has 1 heterocycles. The summed E-state index contributed by atoms with van der Waals surface area (Å²) in [5.74, 6) is 0.608. The lowest BCUT2D eigenvalue weighted by Gasteiger charge is -2.09. The number of aromatic nitrogens is 1. The van der Waals surface area contributed by atoms with Crippen molar-refractivity contribution in [2.45, 2.75) is 40.2 Å². The fourth-order valence-electron chi connectivity index (χ4n) is 3.08. The molecule has 3 rings (SSSR count). The van der Waals surface area contributed by atoms with Crippen molar-refractivity contribution >= 4 is 39.9 Å². The van der Waals surface area contributed by atoms with Gasteiger partial charge in [-0.25, -0.2) is 4.98 Å². The van der Waals surface area contributed by atoms with E-state index in [-0.39, 0.29) is 11.8 Å². The maximum Gasteiger partial charge on any atom is 0.226 e. The van der Waals surface area contributed by atoms with Crippen LogP contribution in [-0.4, -0.2) is 23.4 Å². The number of carbonyl (C=O) groups is 2. The van der Waals surface area contributed by atoms with Crippen LogP contribution in [0.2, 0.25) is 5.02 Å². The number of hydrogen-bond acceptors (Lipinski definition) is 5. The van der Waals surface area contributed by atoms with E-state index >= 15 is 0 Å². The van der Waals surface area contributed by atoms with E-state index in [1.54, 1.807) is 0 Å². The molecule has 32 heavy (non-hydrogen) atoms. The van der Waals surface area contributed by atoms with Crippen LogP contribution in [0.1, 0.15) is 36.5 Å². The van der Waals surface area contributed by atoms with Crippen LogP contribution in [0, 0.1) is 13.8 Å². The lowest BCUT2D eigenvalue weighted by molar-refractivity contribution is -0.119. The van der Waals surface area contributed by atoms with Crippen LogP contribution in [0.25, 0.3) is 11.3 Å². The molecule has 1 aromatic heterocycles. The molecule has 2 amide bonds. The first kappa shape index (κ1) is 23.8. The minimum absolute atomic E-state index is 0.0595. The Hall–Kier alpha value is -2.90. The van der Waals surface area contributed by atoms with Crippen molar-refractivity contribution in [3.8, 4) is 17.0 Å². The first-order valence-electron chi connectivity index (χ1n) is 10.3.